The number of hydrogen-bond acceptors (Lipinski definition) is 5. The number of aromatic carboxylic acids is 1. The summed E-state index contributed by atoms with van der Waals surface area (Å²) in [7, 11) is 0. The average Bonchev–Trinajstić information content (AvgIpc) is 3.52. The van der Waals surface area contributed by atoms with Crippen LogP contribution in [0.1, 0.15) is 41.2 Å². The lowest BCUT2D eigenvalue weighted by Crippen LogP contribution is -2.24. The van der Waals surface area contributed by atoms with Gasteiger partial charge in [0.2, 0.25) is 5.43 Å². The van der Waals surface area contributed by atoms with E-state index in [-0.39, 0.29) is 39.5 Å². The van der Waals surface area contributed by atoms with Crippen LogP contribution in [0.25, 0.3) is 10.9 Å². The van der Waals surface area contributed by atoms with E-state index in [9.17, 15) is 19.8 Å². The van der Waals surface area contributed by atoms with Crippen LogP contribution in [0.3, 0.4) is 0 Å². The lowest BCUT2D eigenvalue weighted by atomic mass is 10.1. The minimum Gasteiger partial charge on any atom is -0.508 e. The van der Waals surface area contributed by atoms with Gasteiger partial charge in [-0.25, -0.2) is 9.18 Å². The number of phenols is 1. The van der Waals surface area contributed by atoms with Gasteiger partial charge in [-0.2, -0.15) is 0 Å². The molecule has 9 heteroatoms. The number of fused-ring (bicyclic) bond motifs is 1. The lowest BCUT2D eigenvalue weighted by molar-refractivity contribution is 0.0695. The summed E-state index contributed by atoms with van der Waals surface area (Å²) in [5.74, 6) is -1.82. The van der Waals surface area contributed by atoms with E-state index in [0.29, 0.717) is 25.0 Å². The number of aliphatic imine (C=N–C) groups is 1. The Morgan fingerprint density at radius 1 is 1.21 bits per heavy atom. The summed E-state index contributed by atoms with van der Waals surface area (Å²) in [6, 6.07) is 7.77. The minimum absolute atomic E-state index is 0.0193. The van der Waals surface area contributed by atoms with Crippen LogP contribution in [0.4, 0.5) is 10.1 Å². The number of anilines is 1. The molecule has 0 radical (unpaired) electrons. The quantitative estimate of drug-likeness (QED) is 0.545. The van der Waals surface area contributed by atoms with Crippen molar-refractivity contribution in [3.05, 3.63) is 68.7 Å². The number of rotatable bonds is 5. The SMILES string of the molecule is O=C(O)c1cn(C2CC2)c2c(Cl)c(N3CCC(/N=C/c4ccc(O)cc4)C3)c(F)cc2c1=O. The van der Waals surface area contributed by atoms with Gasteiger partial charge < -0.3 is 19.7 Å². The zero-order valence-corrected chi connectivity index (χ0v) is 18.3. The maximum atomic E-state index is 15.2. The average molecular weight is 470 g/mol. The molecule has 2 fully saturated rings. The second kappa shape index (κ2) is 8.19. The van der Waals surface area contributed by atoms with Crippen molar-refractivity contribution in [2.24, 2.45) is 4.99 Å². The molecule has 33 heavy (non-hydrogen) atoms. The first-order valence-corrected chi connectivity index (χ1v) is 11.1. The van der Waals surface area contributed by atoms with Crippen molar-refractivity contribution in [1.29, 1.82) is 0 Å². The fourth-order valence-corrected chi connectivity index (χ4v) is 4.74. The van der Waals surface area contributed by atoms with Gasteiger partial charge in [0, 0.05) is 31.5 Å². The zero-order valence-electron chi connectivity index (χ0n) is 17.5. The number of carboxylic acids is 1. The fraction of sp³-hybridized carbons (Fsp3) is 0.292. The molecular weight excluding hydrogens is 449 g/mol. The van der Waals surface area contributed by atoms with Gasteiger partial charge in [-0.05, 0) is 55.2 Å². The van der Waals surface area contributed by atoms with Gasteiger partial charge in [0.15, 0.2) is 0 Å². The highest BCUT2D eigenvalue weighted by atomic mass is 35.5. The molecule has 2 aliphatic rings. The predicted molar refractivity (Wildman–Crippen MR) is 125 cm³/mol. The number of hydrogen-bond donors (Lipinski definition) is 2. The van der Waals surface area contributed by atoms with E-state index < -0.39 is 17.2 Å². The van der Waals surface area contributed by atoms with Crippen molar-refractivity contribution >= 4 is 40.4 Å². The molecule has 3 aromatic rings. The molecule has 1 aliphatic carbocycles. The molecule has 2 heterocycles. The summed E-state index contributed by atoms with van der Waals surface area (Å²) < 4.78 is 16.9. The van der Waals surface area contributed by atoms with Gasteiger partial charge in [0.05, 0.1) is 27.7 Å². The number of carbonyl (C=O) groups is 1. The molecular formula is C24H21ClFN3O4. The molecule has 0 amide bonds. The number of aromatic hydroxyl groups is 1. The van der Waals surface area contributed by atoms with Crippen molar-refractivity contribution in [1.82, 2.24) is 4.57 Å². The Kier molecular flexibility index (Phi) is 5.32. The highest BCUT2D eigenvalue weighted by Gasteiger charge is 2.32. The van der Waals surface area contributed by atoms with E-state index in [0.717, 1.165) is 24.5 Å². The summed E-state index contributed by atoms with van der Waals surface area (Å²) in [4.78, 5) is 30.7. The summed E-state index contributed by atoms with van der Waals surface area (Å²) >= 11 is 6.69. The van der Waals surface area contributed by atoms with Gasteiger partial charge in [0.25, 0.3) is 0 Å². The van der Waals surface area contributed by atoms with E-state index in [2.05, 4.69) is 4.99 Å². The smallest absolute Gasteiger partial charge is 0.341 e. The van der Waals surface area contributed by atoms with E-state index >= 15 is 4.39 Å². The summed E-state index contributed by atoms with van der Waals surface area (Å²) in [6.07, 6.45) is 5.45. The van der Waals surface area contributed by atoms with Crippen molar-refractivity contribution in [2.75, 3.05) is 18.0 Å². The zero-order chi connectivity index (χ0) is 23.3. The Bertz CT molecular complexity index is 1350. The van der Waals surface area contributed by atoms with Crippen LogP contribution in [0.5, 0.6) is 5.75 Å². The second-order valence-corrected chi connectivity index (χ2v) is 8.87. The van der Waals surface area contributed by atoms with Crippen LogP contribution in [-0.4, -0.2) is 46.1 Å². The Labute approximate surface area is 193 Å². The number of halogens is 2. The van der Waals surface area contributed by atoms with Crippen LogP contribution in [0.15, 0.2) is 46.3 Å². The van der Waals surface area contributed by atoms with E-state index in [4.69, 9.17) is 11.6 Å². The molecule has 0 spiro atoms. The van der Waals surface area contributed by atoms with Gasteiger partial charge in [0.1, 0.15) is 17.1 Å². The van der Waals surface area contributed by atoms with Crippen molar-refractivity contribution in [2.45, 2.75) is 31.3 Å². The number of nitrogens with zero attached hydrogens (tertiary/aromatic N) is 3. The molecule has 1 aromatic heterocycles. The van der Waals surface area contributed by atoms with Crippen LogP contribution in [0, 0.1) is 5.82 Å². The van der Waals surface area contributed by atoms with Gasteiger partial charge in [-0.15, -0.1) is 0 Å². The Hall–Kier alpha value is -3.39. The topological polar surface area (TPSA) is 95.1 Å². The highest BCUT2D eigenvalue weighted by Crippen LogP contribution is 2.42. The van der Waals surface area contributed by atoms with Gasteiger partial charge in [-0.1, -0.05) is 11.6 Å². The third-order valence-electron chi connectivity index (χ3n) is 6.16. The van der Waals surface area contributed by atoms with Crippen molar-refractivity contribution in [3.8, 4) is 5.75 Å². The minimum atomic E-state index is -1.34. The van der Waals surface area contributed by atoms with Crippen LogP contribution >= 0.6 is 11.6 Å². The first kappa shape index (κ1) is 21.5. The Morgan fingerprint density at radius 3 is 2.61 bits per heavy atom. The number of carboxylic acid groups (broad SMARTS) is 1. The largest absolute Gasteiger partial charge is 0.508 e. The van der Waals surface area contributed by atoms with E-state index in [1.54, 1.807) is 35.0 Å². The van der Waals surface area contributed by atoms with Gasteiger partial charge >= 0.3 is 5.97 Å². The van der Waals surface area contributed by atoms with Crippen LogP contribution in [-0.2, 0) is 0 Å². The molecule has 1 atom stereocenters. The number of benzene rings is 2. The molecule has 1 unspecified atom stereocenters. The molecule has 0 bridgehead atoms. The summed E-state index contributed by atoms with van der Waals surface area (Å²) in [5, 5.41) is 18.9. The molecule has 5 rings (SSSR count). The van der Waals surface area contributed by atoms with Crippen molar-refractivity contribution in [3.63, 3.8) is 0 Å². The van der Waals surface area contributed by atoms with E-state index in [1.165, 1.54) is 6.20 Å². The summed E-state index contributed by atoms with van der Waals surface area (Å²) in [5.41, 5.74) is 0.316. The highest BCUT2D eigenvalue weighted by molar-refractivity contribution is 6.38. The lowest BCUT2D eigenvalue weighted by Gasteiger charge is -2.23. The predicted octanol–water partition coefficient (Wildman–Crippen LogP) is 4.23. The maximum Gasteiger partial charge on any atom is 0.341 e. The maximum absolute atomic E-state index is 15.2. The number of phenolic OH excluding ortho intramolecular Hbond substituents is 1. The van der Waals surface area contributed by atoms with Crippen LogP contribution in [0.2, 0.25) is 5.02 Å². The molecule has 1 saturated heterocycles. The fourth-order valence-electron chi connectivity index (χ4n) is 4.33. The normalized spacial score (nSPS) is 18.5. The Balaban J connectivity index is 1.51. The van der Waals surface area contributed by atoms with Crippen LogP contribution < -0.4 is 10.3 Å². The molecule has 2 aromatic carbocycles. The Morgan fingerprint density at radius 2 is 1.94 bits per heavy atom. The molecule has 1 saturated carbocycles. The first-order chi connectivity index (χ1) is 15.8. The molecule has 170 valence electrons. The molecule has 7 nitrogen and oxygen atoms in total. The van der Waals surface area contributed by atoms with Gasteiger partial charge in [-0.3, -0.25) is 9.79 Å². The first-order valence-electron chi connectivity index (χ1n) is 10.7. The van der Waals surface area contributed by atoms with E-state index in [1.807, 2.05) is 4.90 Å². The summed E-state index contributed by atoms with van der Waals surface area (Å²) in [6.45, 7) is 0.998. The third-order valence-corrected chi connectivity index (χ3v) is 6.52. The third kappa shape index (κ3) is 3.95. The monoisotopic (exact) mass is 469 g/mol. The standard InChI is InChI=1S/C24H21ClFN3O4/c25-20-21-17(23(31)18(24(32)33)12-29(21)15-3-4-15)9-19(26)22(20)28-8-7-14(11-28)27-10-13-1-5-16(30)6-2-13/h1-2,5-6,9-10,12,14-15,30H,3-4,7-8,11H2,(H,32,33)/b27-10+. The number of pyridine rings is 1. The second-order valence-electron chi connectivity index (χ2n) is 8.49. The van der Waals surface area contributed by atoms with Crippen molar-refractivity contribution < 1.29 is 19.4 Å². The number of aromatic nitrogens is 1. The molecule has 2 N–H and O–H groups in total. The molecule has 1 aliphatic heterocycles.